The average molecular weight is 1240 g/mol. The van der Waals surface area contributed by atoms with Gasteiger partial charge < -0.3 is 0 Å². The predicted octanol–water partition coefficient (Wildman–Crippen LogP) is 19.1. The van der Waals surface area contributed by atoms with Gasteiger partial charge in [0, 0.05) is 6.20 Å². The summed E-state index contributed by atoms with van der Waals surface area (Å²) in [6, 6.07) is 57.4. The molecule has 0 spiro atoms. The monoisotopic (exact) mass is 1240 g/mol. The zero-order valence-electron chi connectivity index (χ0n) is 55.2. The van der Waals surface area contributed by atoms with Gasteiger partial charge in [0.05, 0.1) is 0 Å². The summed E-state index contributed by atoms with van der Waals surface area (Å²) in [5, 5.41) is 3.83. The van der Waals surface area contributed by atoms with E-state index in [9.17, 15) is 5.48 Å². The standard InChI is InChI=1S/C74H57N5O.Pt/c1-73(2,3)53-35-33-49(34-36-53)52-41-55(44-58(42-52)80-57-37-38-62-61-27-15-18-30-67(61)79(70(62)47-57)71-43-54(39-40-75-71)74(4,5)6)76-48-77(69-32-20-19-31-68(69)76)72-63(50-21-9-7-10-22-50)45-56(46-64(72)51-23-11-8-12-24-51)78-65-28-16-13-25-59(65)60-26-14-17-29-66(60)78;/h7-43,45-46H,1-6H3;/q-2;/i7D,8D,9D,10D,11D,12D,21D,22D,23D,24D;. The number of benzene rings is 10. The molecule has 396 valence electrons. The fourth-order valence-corrected chi connectivity index (χ4v) is 12.3. The molecule has 0 aliphatic rings. The van der Waals surface area contributed by atoms with Crippen molar-refractivity contribution in [2.24, 2.45) is 0 Å². The van der Waals surface area contributed by atoms with Crippen LogP contribution in [0, 0.1) is 15.9 Å². The second-order valence-corrected chi connectivity index (χ2v) is 23.3. The van der Waals surface area contributed by atoms with Crippen LogP contribution in [0.3, 0.4) is 0 Å². The summed E-state index contributed by atoms with van der Waals surface area (Å²) < 4.78 is 108. The number of imidazole rings is 1. The van der Waals surface area contributed by atoms with E-state index in [4.69, 9.17) is 17.9 Å². The van der Waals surface area contributed by atoms with Gasteiger partial charge in [-0.1, -0.05) is 32.9 Å². The average Bonchev–Trinajstić information content (AvgIpc) is 1.68. The van der Waals surface area contributed by atoms with E-state index in [1.54, 1.807) is 12.1 Å². The molecule has 0 unspecified atom stereocenters. The molecule has 0 bridgehead atoms. The van der Waals surface area contributed by atoms with E-state index in [1.165, 1.54) is 0 Å². The van der Waals surface area contributed by atoms with E-state index < -0.39 is 60.4 Å². The van der Waals surface area contributed by atoms with Gasteiger partial charge in [-0.05, 0) is 17.0 Å². The Morgan fingerprint density at radius 1 is 0.444 bits per heavy atom. The number of pyridine rings is 1. The number of fused-ring (bicyclic) bond motifs is 7. The molecule has 0 aliphatic carbocycles. The third kappa shape index (κ3) is 8.77. The Hall–Kier alpha value is -9.09. The van der Waals surface area contributed by atoms with Gasteiger partial charge >= 0.3 is 443 Å². The van der Waals surface area contributed by atoms with Gasteiger partial charge in [0.2, 0.25) is 0 Å². The SMILES string of the molecule is [2H]c1c([2H])c([2H])c(-c2cc(-n3c4ccccc4c4ccccc43)cc(-c3c([2H])c([2H])c([2H])c([2H])c3[2H])c2-n2[c](=[Pt])n(-c3[c-]c(Oc4[c-]c5c(cc4)c4ccccc4n5-c4cc(C(C)(C)C)ccn4)cc(-c4ccc(C(C)(C)C)cc4)c3)c3ccccc32)c([2H])c1[2H]. The third-order valence-corrected chi connectivity index (χ3v) is 16.2. The van der Waals surface area contributed by atoms with Crippen LogP contribution in [0.2, 0.25) is 0 Å². The summed E-state index contributed by atoms with van der Waals surface area (Å²) in [6.07, 6.45) is 1.85. The van der Waals surface area contributed by atoms with Crippen molar-refractivity contribution >= 4 is 54.6 Å². The molecule has 0 atom stereocenters. The number of aromatic nitrogens is 5. The van der Waals surface area contributed by atoms with Gasteiger partial charge in [0.25, 0.3) is 0 Å². The molecular weight excluding hydrogens is 1170 g/mol. The summed E-state index contributed by atoms with van der Waals surface area (Å²) in [5.41, 5.74) is 9.29. The van der Waals surface area contributed by atoms with Gasteiger partial charge in [0.15, 0.2) is 0 Å². The number of nitrogens with zero attached hydrogens (tertiary/aromatic N) is 5. The summed E-state index contributed by atoms with van der Waals surface area (Å²) in [4.78, 5) is 4.90. The predicted molar refractivity (Wildman–Crippen MR) is 330 cm³/mol. The van der Waals surface area contributed by atoms with Crippen LogP contribution in [0.15, 0.2) is 236 Å². The first-order valence-electron chi connectivity index (χ1n) is 31.8. The Balaban J connectivity index is 1.07. The van der Waals surface area contributed by atoms with Crippen molar-refractivity contribution in [1.29, 1.82) is 0 Å². The van der Waals surface area contributed by atoms with E-state index in [-0.39, 0.29) is 38.8 Å². The molecule has 0 N–H and O–H groups in total. The van der Waals surface area contributed by atoms with Gasteiger partial charge in [-0.15, -0.1) is 0 Å². The Morgan fingerprint density at radius 3 is 1.56 bits per heavy atom. The molecule has 4 aromatic heterocycles. The molecule has 4 heterocycles. The summed E-state index contributed by atoms with van der Waals surface area (Å²) >= 11 is 2.22. The Morgan fingerprint density at radius 2 is 0.975 bits per heavy atom. The minimum atomic E-state index is -0.590. The molecule has 0 saturated carbocycles. The van der Waals surface area contributed by atoms with Crippen molar-refractivity contribution in [2.45, 2.75) is 52.4 Å². The molecule has 0 aliphatic heterocycles. The van der Waals surface area contributed by atoms with Gasteiger partial charge in [0.1, 0.15) is 0 Å². The molecular formula is C74H57N5OPt-2. The van der Waals surface area contributed by atoms with Crippen molar-refractivity contribution in [3.8, 4) is 67.8 Å². The van der Waals surface area contributed by atoms with E-state index in [2.05, 4.69) is 120 Å². The molecule has 10 aromatic carbocycles. The van der Waals surface area contributed by atoms with E-state index in [0.717, 1.165) is 71.7 Å². The maximum atomic E-state index is 9.70. The number of ether oxygens (including phenoxy) is 1. The molecule has 14 aromatic rings. The first kappa shape index (κ1) is 40.1. The van der Waals surface area contributed by atoms with Crippen molar-refractivity contribution in [2.75, 3.05) is 0 Å². The molecule has 81 heavy (non-hydrogen) atoms. The Bertz CT molecular complexity index is 5260. The first-order chi connectivity index (χ1) is 43.5. The Labute approximate surface area is 496 Å². The van der Waals surface area contributed by atoms with Crippen LogP contribution in [0.1, 0.15) is 66.4 Å². The topological polar surface area (TPSA) is 41.8 Å². The number of rotatable bonds is 9. The van der Waals surface area contributed by atoms with Crippen LogP contribution in [-0.4, -0.2) is 23.3 Å². The third-order valence-electron chi connectivity index (χ3n) is 15.2. The first-order valence-corrected chi connectivity index (χ1v) is 27.9. The zero-order chi connectivity index (χ0) is 63.9. The van der Waals surface area contributed by atoms with Crippen LogP contribution in [0.25, 0.3) is 111 Å². The number of para-hydroxylation sites is 5. The number of hydrogen-bond acceptors (Lipinski definition) is 2. The molecule has 7 heteroatoms. The van der Waals surface area contributed by atoms with E-state index in [1.807, 2.05) is 135 Å². The minimum absolute atomic E-state index is 0.124. The molecule has 6 nitrogen and oxygen atoms in total. The van der Waals surface area contributed by atoms with Crippen molar-refractivity contribution in [3.05, 3.63) is 264 Å². The summed E-state index contributed by atoms with van der Waals surface area (Å²) in [6.45, 7) is 13.1. The second-order valence-electron chi connectivity index (χ2n) is 22.3. The van der Waals surface area contributed by atoms with E-state index >= 15 is 0 Å². The fraction of sp³-hybridized carbons (Fsp3) is 0.108. The molecule has 0 saturated heterocycles. The van der Waals surface area contributed by atoms with Gasteiger partial charge in [-0.3, -0.25) is 0 Å². The second kappa shape index (κ2) is 19.6. The molecule has 0 amide bonds. The van der Waals surface area contributed by atoms with Crippen molar-refractivity contribution in [3.63, 3.8) is 0 Å². The van der Waals surface area contributed by atoms with Crippen molar-refractivity contribution < 1.29 is 37.8 Å². The van der Waals surface area contributed by atoms with E-state index in [0.29, 0.717) is 37.7 Å². The van der Waals surface area contributed by atoms with Gasteiger partial charge in [-0.2, -0.15) is 0 Å². The molecule has 0 fully saturated rings. The van der Waals surface area contributed by atoms with Crippen LogP contribution < -0.4 is 4.74 Å². The zero-order valence-corrected chi connectivity index (χ0v) is 47.5. The van der Waals surface area contributed by atoms with Crippen LogP contribution in [-0.2, 0) is 30.2 Å². The fourth-order valence-electron chi connectivity index (χ4n) is 11.2. The van der Waals surface area contributed by atoms with Crippen LogP contribution in [0.4, 0.5) is 0 Å². The molecule has 14 rings (SSSR count). The maximum absolute atomic E-state index is 9.70. The quantitative estimate of drug-likeness (QED) is 0.135. The van der Waals surface area contributed by atoms with Gasteiger partial charge in [-0.25, -0.2) is 0 Å². The molecule has 0 radical (unpaired) electrons. The number of hydrogen-bond donors (Lipinski definition) is 0. The van der Waals surface area contributed by atoms with Crippen LogP contribution >= 0.6 is 0 Å². The van der Waals surface area contributed by atoms with Crippen molar-refractivity contribution in [1.82, 2.24) is 23.3 Å². The summed E-state index contributed by atoms with van der Waals surface area (Å²) in [7, 11) is 0. The Kier molecular flexibility index (Phi) is 9.72. The summed E-state index contributed by atoms with van der Waals surface area (Å²) in [5.74, 6) is 1.52. The van der Waals surface area contributed by atoms with Crippen LogP contribution in [0.5, 0.6) is 11.5 Å². The normalized spacial score (nSPS) is 13.9.